The average molecular weight is 182 g/mol. The van der Waals surface area contributed by atoms with Crippen LogP contribution in [0.25, 0.3) is 0 Å². The van der Waals surface area contributed by atoms with Gasteiger partial charge in [-0.15, -0.1) is 0 Å². The molecule has 1 rings (SSSR count). The van der Waals surface area contributed by atoms with Gasteiger partial charge in [0.1, 0.15) is 0 Å². The minimum atomic E-state index is 0.975. The van der Waals surface area contributed by atoms with Gasteiger partial charge in [-0.2, -0.15) is 0 Å². The maximum absolute atomic E-state index is 4.87. The Hall–Kier alpha value is -0.460. The van der Waals surface area contributed by atoms with Gasteiger partial charge in [0.15, 0.2) is 0 Å². The van der Waals surface area contributed by atoms with E-state index in [1.807, 2.05) is 0 Å². The minimum absolute atomic E-state index is 0.975. The molecule has 0 radical (unpaired) electrons. The molecule has 0 aromatic carbocycles. The molecule has 0 aromatic heterocycles. The van der Waals surface area contributed by atoms with Gasteiger partial charge in [0.2, 0.25) is 0 Å². The summed E-state index contributed by atoms with van der Waals surface area (Å²) in [5.74, 6) is 2.01. The molecule has 1 aliphatic carbocycles. The Labute approximate surface area is 82.2 Å². The fourth-order valence-electron chi connectivity index (χ4n) is 1.94. The van der Waals surface area contributed by atoms with E-state index in [-0.39, 0.29) is 0 Å². The zero-order valence-corrected chi connectivity index (χ0v) is 8.96. The zero-order valence-electron chi connectivity index (χ0n) is 8.96. The first-order valence-corrected chi connectivity index (χ1v) is 5.56. The SMILES string of the molecule is CCCCC[C@@H]1C[C@@H]1CC=COC. The van der Waals surface area contributed by atoms with Crippen LogP contribution < -0.4 is 0 Å². The number of rotatable bonds is 7. The Morgan fingerprint density at radius 3 is 2.85 bits per heavy atom. The lowest BCUT2D eigenvalue weighted by Gasteiger charge is -1.96. The van der Waals surface area contributed by atoms with E-state index in [9.17, 15) is 0 Å². The molecule has 0 aliphatic heterocycles. The monoisotopic (exact) mass is 182 g/mol. The van der Waals surface area contributed by atoms with Gasteiger partial charge >= 0.3 is 0 Å². The molecule has 0 amide bonds. The summed E-state index contributed by atoms with van der Waals surface area (Å²) in [7, 11) is 1.71. The highest BCUT2D eigenvalue weighted by Gasteiger charge is 2.34. The molecule has 0 heterocycles. The topological polar surface area (TPSA) is 9.23 Å². The lowest BCUT2D eigenvalue weighted by Crippen LogP contribution is -1.82. The van der Waals surface area contributed by atoms with Crippen LogP contribution in [0.15, 0.2) is 12.3 Å². The van der Waals surface area contributed by atoms with Crippen molar-refractivity contribution in [3.05, 3.63) is 12.3 Å². The first-order valence-electron chi connectivity index (χ1n) is 5.56. The molecular formula is C12H22O. The van der Waals surface area contributed by atoms with Gasteiger partial charge in [0, 0.05) is 0 Å². The predicted octanol–water partition coefficient (Wildman–Crippen LogP) is 3.75. The summed E-state index contributed by atoms with van der Waals surface area (Å²) in [4.78, 5) is 0. The summed E-state index contributed by atoms with van der Waals surface area (Å²) in [6, 6.07) is 0. The van der Waals surface area contributed by atoms with Crippen molar-refractivity contribution in [1.82, 2.24) is 0 Å². The van der Waals surface area contributed by atoms with Crippen molar-refractivity contribution in [3.63, 3.8) is 0 Å². The Kier molecular flexibility index (Phi) is 4.95. The summed E-state index contributed by atoms with van der Waals surface area (Å²) in [5, 5.41) is 0. The van der Waals surface area contributed by atoms with Crippen molar-refractivity contribution in [3.8, 4) is 0 Å². The van der Waals surface area contributed by atoms with Gasteiger partial charge in [-0.3, -0.25) is 0 Å². The van der Waals surface area contributed by atoms with E-state index in [2.05, 4.69) is 13.0 Å². The van der Waals surface area contributed by atoms with Crippen LogP contribution in [-0.2, 0) is 4.74 Å². The Bertz CT molecular complexity index is 151. The number of ether oxygens (including phenoxy) is 1. The molecule has 1 fully saturated rings. The maximum Gasteiger partial charge on any atom is 0.0784 e. The zero-order chi connectivity index (χ0) is 9.52. The van der Waals surface area contributed by atoms with Gasteiger partial charge < -0.3 is 4.74 Å². The van der Waals surface area contributed by atoms with E-state index in [0.717, 1.165) is 11.8 Å². The van der Waals surface area contributed by atoms with E-state index < -0.39 is 0 Å². The van der Waals surface area contributed by atoms with E-state index in [1.54, 1.807) is 13.4 Å². The predicted molar refractivity (Wildman–Crippen MR) is 56.5 cm³/mol. The van der Waals surface area contributed by atoms with Crippen molar-refractivity contribution in [2.45, 2.75) is 45.4 Å². The largest absolute Gasteiger partial charge is 0.505 e. The van der Waals surface area contributed by atoms with Crippen molar-refractivity contribution in [2.24, 2.45) is 11.8 Å². The van der Waals surface area contributed by atoms with Crippen LogP contribution in [0.2, 0.25) is 0 Å². The lowest BCUT2D eigenvalue weighted by molar-refractivity contribution is 0.336. The smallest absolute Gasteiger partial charge is 0.0784 e. The number of allylic oxidation sites excluding steroid dienone is 1. The van der Waals surface area contributed by atoms with Crippen LogP contribution in [0.3, 0.4) is 0 Å². The second-order valence-corrected chi connectivity index (χ2v) is 4.09. The highest BCUT2D eigenvalue weighted by atomic mass is 16.5. The van der Waals surface area contributed by atoms with Crippen molar-refractivity contribution < 1.29 is 4.74 Å². The van der Waals surface area contributed by atoms with Gasteiger partial charge in [-0.25, -0.2) is 0 Å². The Balaban J connectivity index is 1.93. The van der Waals surface area contributed by atoms with E-state index in [1.165, 1.54) is 38.5 Å². The molecule has 0 aromatic rings. The molecule has 0 bridgehead atoms. The molecule has 1 nitrogen and oxygen atoms in total. The summed E-state index contributed by atoms with van der Waals surface area (Å²) in [6.45, 7) is 2.27. The van der Waals surface area contributed by atoms with Gasteiger partial charge in [-0.1, -0.05) is 32.6 Å². The molecule has 13 heavy (non-hydrogen) atoms. The minimum Gasteiger partial charge on any atom is -0.505 e. The van der Waals surface area contributed by atoms with E-state index in [4.69, 9.17) is 4.74 Å². The first kappa shape index (κ1) is 10.6. The van der Waals surface area contributed by atoms with Gasteiger partial charge in [0.05, 0.1) is 13.4 Å². The Morgan fingerprint density at radius 2 is 2.15 bits per heavy atom. The van der Waals surface area contributed by atoms with Crippen LogP contribution in [-0.4, -0.2) is 7.11 Å². The highest BCUT2D eigenvalue weighted by Crippen LogP contribution is 2.44. The van der Waals surface area contributed by atoms with E-state index in [0.29, 0.717) is 0 Å². The molecule has 2 atom stereocenters. The molecule has 0 saturated heterocycles. The van der Waals surface area contributed by atoms with Crippen molar-refractivity contribution >= 4 is 0 Å². The molecule has 1 heteroatoms. The normalized spacial score (nSPS) is 26.6. The highest BCUT2D eigenvalue weighted by molar-refractivity contribution is 4.91. The van der Waals surface area contributed by atoms with Crippen molar-refractivity contribution in [1.29, 1.82) is 0 Å². The third kappa shape index (κ3) is 4.35. The lowest BCUT2D eigenvalue weighted by atomic mass is 10.1. The molecule has 76 valence electrons. The summed E-state index contributed by atoms with van der Waals surface area (Å²) in [5.41, 5.74) is 0. The van der Waals surface area contributed by atoms with Crippen LogP contribution in [0.1, 0.15) is 45.4 Å². The third-order valence-corrected chi connectivity index (χ3v) is 2.92. The fourth-order valence-corrected chi connectivity index (χ4v) is 1.94. The molecule has 1 saturated carbocycles. The third-order valence-electron chi connectivity index (χ3n) is 2.92. The fraction of sp³-hybridized carbons (Fsp3) is 0.833. The quantitative estimate of drug-likeness (QED) is 0.430. The first-order chi connectivity index (χ1) is 6.38. The average Bonchev–Trinajstić information content (AvgIpc) is 2.85. The Morgan fingerprint density at radius 1 is 1.31 bits per heavy atom. The molecule has 0 unspecified atom stereocenters. The van der Waals surface area contributed by atoms with Gasteiger partial charge in [0.25, 0.3) is 0 Å². The molecular weight excluding hydrogens is 160 g/mol. The summed E-state index contributed by atoms with van der Waals surface area (Å²) in [6.07, 6.45) is 12.3. The summed E-state index contributed by atoms with van der Waals surface area (Å²) < 4.78 is 4.87. The maximum atomic E-state index is 4.87. The molecule has 0 N–H and O–H groups in total. The van der Waals surface area contributed by atoms with Crippen LogP contribution >= 0.6 is 0 Å². The van der Waals surface area contributed by atoms with Gasteiger partial charge in [-0.05, 0) is 30.8 Å². The van der Waals surface area contributed by atoms with Crippen LogP contribution in [0.4, 0.5) is 0 Å². The number of hydrogen-bond donors (Lipinski definition) is 0. The standard InChI is InChI=1S/C12H22O/c1-3-4-5-7-11-10-12(11)8-6-9-13-2/h6,9,11-12H,3-5,7-8,10H2,1-2H3/t11-,12+/m1/s1. The second-order valence-electron chi connectivity index (χ2n) is 4.09. The number of unbranched alkanes of at least 4 members (excludes halogenated alkanes) is 2. The van der Waals surface area contributed by atoms with Crippen molar-refractivity contribution in [2.75, 3.05) is 7.11 Å². The summed E-state index contributed by atoms with van der Waals surface area (Å²) >= 11 is 0. The molecule has 1 aliphatic rings. The van der Waals surface area contributed by atoms with Crippen LogP contribution in [0.5, 0.6) is 0 Å². The van der Waals surface area contributed by atoms with E-state index >= 15 is 0 Å². The number of hydrogen-bond acceptors (Lipinski definition) is 1. The number of methoxy groups -OCH3 is 1. The second kappa shape index (κ2) is 6.06. The van der Waals surface area contributed by atoms with Crippen LogP contribution in [0, 0.1) is 11.8 Å². The molecule has 0 spiro atoms.